The van der Waals surface area contributed by atoms with Crippen LogP contribution in [0.5, 0.6) is 0 Å². The van der Waals surface area contributed by atoms with Crippen LogP contribution in [0.2, 0.25) is 0 Å². The van der Waals surface area contributed by atoms with Crippen LogP contribution in [-0.4, -0.2) is 27.5 Å². The van der Waals surface area contributed by atoms with Crippen LogP contribution in [0.3, 0.4) is 0 Å². The van der Waals surface area contributed by atoms with Gasteiger partial charge in [-0.3, -0.25) is 4.79 Å². The van der Waals surface area contributed by atoms with Crippen LogP contribution in [0, 0.1) is 0 Å². The van der Waals surface area contributed by atoms with E-state index in [-0.39, 0.29) is 11.9 Å². The highest BCUT2D eigenvalue weighted by Crippen LogP contribution is 2.32. The number of hydrogen-bond donors (Lipinski definition) is 0. The van der Waals surface area contributed by atoms with E-state index in [4.69, 9.17) is 4.52 Å². The third-order valence-corrected chi connectivity index (χ3v) is 5.39. The molecule has 25 heavy (non-hydrogen) atoms. The molecule has 5 nitrogen and oxygen atoms in total. The molecule has 0 radical (unpaired) electrons. The second kappa shape index (κ2) is 7.19. The maximum atomic E-state index is 12.7. The number of benzene rings is 1. The number of rotatable bonds is 5. The molecule has 1 aliphatic heterocycles. The zero-order chi connectivity index (χ0) is 17.1. The van der Waals surface area contributed by atoms with Crippen LogP contribution >= 0.6 is 11.3 Å². The lowest BCUT2D eigenvalue weighted by Crippen LogP contribution is -2.30. The Morgan fingerprint density at radius 1 is 1.24 bits per heavy atom. The number of amides is 1. The molecule has 0 aliphatic carbocycles. The highest BCUT2D eigenvalue weighted by Gasteiger charge is 2.29. The molecule has 1 amide bonds. The van der Waals surface area contributed by atoms with Gasteiger partial charge in [0.15, 0.2) is 0 Å². The summed E-state index contributed by atoms with van der Waals surface area (Å²) in [6, 6.07) is 14.4. The van der Waals surface area contributed by atoms with E-state index in [1.165, 1.54) is 5.56 Å². The fourth-order valence-corrected chi connectivity index (χ4v) is 3.96. The molecule has 128 valence electrons. The fraction of sp³-hybridized carbons (Fsp3) is 0.316. The van der Waals surface area contributed by atoms with Crippen LogP contribution in [0.25, 0.3) is 10.7 Å². The average molecular weight is 353 g/mol. The molecule has 1 aliphatic rings. The van der Waals surface area contributed by atoms with Gasteiger partial charge in [0.1, 0.15) is 0 Å². The number of thiophene rings is 1. The van der Waals surface area contributed by atoms with Crippen molar-refractivity contribution in [1.29, 1.82) is 0 Å². The van der Waals surface area contributed by atoms with Crippen molar-refractivity contribution in [3.05, 3.63) is 59.3 Å². The smallest absolute Gasteiger partial charge is 0.227 e. The molecule has 0 spiro atoms. The van der Waals surface area contributed by atoms with Gasteiger partial charge >= 0.3 is 0 Å². The van der Waals surface area contributed by atoms with Crippen molar-refractivity contribution in [2.75, 3.05) is 6.54 Å². The van der Waals surface area contributed by atoms with Crippen molar-refractivity contribution in [1.82, 2.24) is 15.0 Å². The topological polar surface area (TPSA) is 59.2 Å². The number of aromatic nitrogens is 2. The number of aryl methyl sites for hydroxylation is 1. The van der Waals surface area contributed by atoms with Gasteiger partial charge in [0.05, 0.1) is 10.9 Å². The van der Waals surface area contributed by atoms with Crippen LogP contribution in [0.4, 0.5) is 0 Å². The van der Waals surface area contributed by atoms with E-state index in [9.17, 15) is 4.79 Å². The van der Waals surface area contributed by atoms with Crippen LogP contribution in [0.15, 0.2) is 52.4 Å². The van der Waals surface area contributed by atoms with Gasteiger partial charge in [-0.2, -0.15) is 4.98 Å². The summed E-state index contributed by atoms with van der Waals surface area (Å²) in [7, 11) is 0. The highest BCUT2D eigenvalue weighted by atomic mass is 32.1. The molecule has 1 fully saturated rings. The molecule has 1 unspecified atom stereocenters. The molecule has 3 heterocycles. The summed E-state index contributed by atoms with van der Waals surface area (Å²) in [5.74, 6) is 1.27. The Balaban J connectivity index is 1.39. The minimum absolute atomic E-state index is 0.155. The number of carbonyl (C=O) groups is 1. The molecule has 4 rings (SSSR count). The number of carbonyl (C=O) groups excluding carboxylic acids is 1. The standard InChI is InChI=1S/C19H19N3O2S/c23-18(22-12-4-8-15(22)14-6-2-1-3-7-14)11-10-17-20-19(21-24-17)16-9-5-13-25-16/h1-3,5-7,9,13,15H,4,8,10-12H2. The van der Waals surface area contributed by atoms with E-state index < -0.39 is 0 Å². The van der Waals surface area contributed by atoms with Crippen molar-refractivity contribution < 1.29 is 9.32 Å². The van der Waals surface area contributed by atoms with Crippen molar-refractivity contribution in [2.24, 2.45) is 0 Å². The van der Waals surface area contributed by atoms with Gasteiger partial charge in [-0.25, -0.2) is 0 Å². The minimum atomic E-state index is 0.155. The summed E-state index contributed by atoms with van der Waals surface area (Å²) in [6.45, 7) is 0.822. The molecule has 6 heteroatoms. The summed E-state index contributed by atoms with van der Waals surface area (Å²) in [5.41, 5.74) is 1.21. The molecular weight excluding hydrogens is 334 g/mol. The van der Waals surface area contributed by atoms with Gasteiger partial charge in [0, 0.05) is 19.4 Å². The molecule has 1 atom stereocenters. The van der Waals surface area contributed by atoms with Crippen LogP contribution < -0.4 is 0 Å². The van der Waals surface area contributed by atoms with Gasteiger partial charge in [-0.05, 0) is 29.9 Å². The van der Waals surface area contributed by atoms with E-state index in [1.54, 1.807) is 11.3 Å². The molecule has 2 aromatic heterocycles. The number of likely N-dealkylation sites (tertiary alicyclic amines) is 1. The zero-order valence-electron chi connectivity index (χ0n) is 13.8. The van der Waals surface area contributed by atoms with E-state index in [1.807, 2.05) is 40.6 Å². The summed E-state index contributed by atoms with van der Waals surface area (Å²) in [5, 5.41) is 5.97. The van der Waals surface area contributed by atoms with Gasteiger partial charge in [-0.15, -0.1) is 11.3 Å². The fourth-order valence-electron chi connectivity index (χ4n) is 3.31. The van der Waals surface area contributed by atoms with Crippen molar-refractivity contribution in [3.8, 4) is 10.7 Å². The van der Waals surface area contributed by atoms with Crippen LogP contribution in [-0.2, 0) is 11.2 Å². The van der Waals surface area contributed by atoms with E-state index in [2.05, 4.69) is 22.3 Å². The Kier molecular flexibility index (Phi) is 4.61. The number of nitrogens with zero attached hydrogens (tertiary/aromatic N) is 3. The van der Waals surface area contributed by atoms with Crippen LogP contribution in [0.1, 0.15) is 36.8 Å². The van der Waals surface area contributed by atoms with E-state index in [0.717, 1.165) is 24.3 Å². The van der Waals surface area contributed by atoms with E-state index >= 15 is 0 Å². The van der Waals surface area contributed by atoms with Gasteiger partial charge in [-0.1, -0.05) is 41.6 Å². The first kappa shape index (κ1) is 16.0. The highest BCUT2D eigenvalue weighted by molar-refractivity contribution is 7.13. The normalized spacial score (nSPS) is 17.1. The molecule has 1 saturated heterocycles. The average Bonchev–Trinajstić information content (AvgIpc) is 3.41. The Bertz CT molecular complexity index is 829. The van der Waals surface area contributed by atoms with Crippen molar-refractivity contribution >= 4 is 17.2 Å². The second-order valence-corrected chi connectivity index (χ2v) is 7.09. The Morgan fingerprint density at radius 2 is 2.12 bits per heavy atom. The Labute approximate surface area is 150 Å². The second-order valence-electron chi connectivity index (χ2n) is 6.14. The van der Waals surface area contributed by atoms with E-state index in [0.29, 0.717) is 24.6 Å². The van der Waals surface area contributed by atoms with Gasteiger partial charge in [0.25, 0.3) is 0 Å². The third-order valence-electron chi connectivity index (χ3n) is 4.52. The molecule has 0 saturated carbocycles. The molecular formula is C19H19N3O2S. The molecule has 0 bridgehead atoms. The first-order chi connectivity index (χ1) is 12.3. The molecule has 0 N–H and O–H groups in total. The predicted molar refractivity (Wildman–Crippen MR) is 96.1 cm³/mol. The lowest BCUT2D eigenvalue weighted by molar-refractivity contribution is -0.132. The minimum Gasteiger partial charge on any atom is -0.339 e. The largest absolute Gasteiger partial charge is 0.339 e. The SMILES string of the molecule is O=C(CCc1nc(-c2cccs2)no1)N1CCCC1c1ccccc1. The van der Waals surface area contributed by atoms with Crippen molar-refractivity contribution in [2.45, 2.75) is 31.7 Å². The number of hydrogen-bond acceptors (Lipinski definition) is 5. The monoisotopic (exact) mass is 353 g/mol. The summed E-state index contributed by atoms with van der Waals surface area (Å²) < 4.78 is 5.29. The quantitative estimate of drug-likeness (QED) is 0.693. The predicted octanol–water partition coefficient (Wildman–Crippen LogP) is 4.09. The summed E-state index contributed by atoms with van der Waals surface area (Å²) in [6.07, 6.45) is 2.96. The third kappa shape index (κ3) is 3.49. The lowest BCUT2D eigenvalue weighted by Gasteiger charge is -2.25. The van der Waals surface area contributed by atoms with Crippen molar-refractivity contribution in [3.63, 3.8) is 0 Å². The first-order valence-electron chi connectivity index (χ1n) is 8.52. The molecule has 3 aromatic rings. The Hall–Kier alpha value is -2.47. The maximum Gasteiger partial charge on any atom is 0.227 e. The van der Waals surface area contributed by atoms with Gasteiger partial charge < -0.3 is 9.42 Å². The van der Waals surface area contributed by atoms with Gasteiger partial charge in [0.2, 0.25) is 17.6 Å². The zero-order valence-corrected chi connectivity index (χ0v) is 14.6. The maximum absolute atomic E-state index is 12.7. The summed E-state index contributed by atoms with van der Waals surface area (Å²) in [4.78, 5) is 20.0. The molecule has 1 aromatic carbocycles. The summed E-state index contributed by atoms with van der Waals surface area (Å²) >= 11 is 1.57. The Morgan fingerprint density at radius 3 is 2.92 bits per heavy atom. The first-order valence-corrected chi connectivity index (χ1v) is 9.40. The lowest BCUT2D eigenvalue weighted by atomic mass is 10.0.